The number of benzene rings is 3. The van der Waals surface area contributed by atoms with Crippen LogP contribution in [-0.2, 0) is 25.5 Å². The molecular weight excluding hydrogens is 554 g/mol. The number of imide groups is 1. The molecule has 220 valence electrons. The summed E-state index contributed by atoms with van der Waals surface area (Å²) in [5, 5.41) is 7.72. The number of fused-ring (bicyclic) bond motifs is 2. The van der Waals surface area contributed by atoms with E-state index in [9.17, 15) is 33.6 Å². The number of terminal acetylenes is 1. The summed E-state index contributed by atoms with van der Waals surface area (Å²) in [5.41, 5.74) is 2.93. The average Bonchev–Trinajstić information content (AvgIpc) is 3.40. The van der Waals surface area contributed by atoms with Gasteiger partial charge >= 0.3 is 17.9 Å². The summed E-state index contributed by atoms with van der Waals surface area (Å²) < 4.78 is 4.43. The zero-order valence-electron chi connectivity index (χ0n) is 23.8. The summed E-state index contributed by atoms with van der Waals surface area (Å²) in [5.74, 6) is -0.442. The minimum absolute atomic E-state index is 0.00707. The topological polar surface area (TPSA) is 152 Å². The number of amides is 2. The molecule has 1 N–H and O–H groups in total. The summed E-state index contributed by atoms with van der Waals surface area (Å²) in [7, 11) is 0. The number of ether oxygens (including phenoxy) is 1. The predicted octanol–water partition coefficient (Wildman–Crippen LogP) is 4.15. The van der Waals surface area contributed by atoms with Gasteiger partial charge in [-0.15, -0.1) is 6.42 Å². The highest BCUT2D eigenvalue weighted by molar-refractivity contribution is 6.22. The largest absolute Gasteiger partial charge is 0.481 e. The van der Waals surface area contributed by atoms with Crippen LogP contribution in [-0.4, -0.2) is 57.8 Å². The maximum atomic E-state index is 11.7. The Hall–Kier alpha value is -5.69. The lowest BCUT2D eigenvalue weighted by molar-refractivity contribution is -0.136. The van der Waals surface area contributed by atoms with Crippen LogP contribution in [0.1, 0.15) is 79.8 Å². The van der Waals surface area contributed by atoms with Crippen molar-refractivity contribution in [2.75, 3.05) is 6.54 Å². The number of hydrogen-bond donors (Lipinski definition) is 1. The Labute approximate surface area is 248 Å². The van der Waals surface area contributed by atoms with Crippen molar-refractivity contribution in [3.05, 3.63) is 106 Å². The summed E-state index contributed by atoms with van der Waals surface area (Å²) in [4.78, 5) is 77.8. The highest BCUT2D eigenvalue weighted by atomic mass is 16.6. The van der Waals surface area contributed by atoms with E-state index in [1.54, 1.807) is 37.3 Å². The van der Waals surface area contributed by atoms with Gasteiger partial charge < -0.3 is 9.84 Å². The van der Waals surface area contributed by atoms with Gasteiger partial charge in [0.1, 0.15) is 11.6 Å². The second kappa shape index (κ2) is 15.9. The van der Waals surface area contributed by atoms with Crippen molar-refractivity contribution in [1.82, 2.24) is 4.90 Å². The van der Waals surface area contributed by atoms with Crippen molar-refractivity contribution in [3.8, 4) is 12.3 Å². The van der Waals surface area contributed by atoms with E-state index in [1.165, 1.54) is 26.0 Å². The fourth-order valence-electron chi connectivity index (χ4n) is 3.67. The first-order chi connectivity index (χ1) is 20.4. The number of esters is 2. The van der Waals surface area contributed by atoms with Crippen LogP contribution in [0.5, 0.6) is 0 Å². The molecule has 0 bridgehead atoms. The third kappa shape index (κ3) is 9.72. The average molecular weight is 584 g/mol. The first-order valence-electron chi connectivity index (χ1n) is 13.0. The van der Waals surface area contributed by atoms with E-state index < -0.39 is 17.9 Å². The van der Waals surface area contributed by atoms with Crippen LogP contribution in [0, 0.1) is 12.3 Å². The van der Waals surface area contributed by atoms with Crippen LogP contribution in [0.3, 0.4) is 0 Å². The predicted molar refractivity (Wildman–Crippen MR) is 155 cm³/mol. The summed E-state index contributed by atoms with van der Waals surface area (Å²) >= 11 is 0. The Bertz CT molecular complexity index is 1570. The molecular formula is C33H29NO9. The molecule has 2 heterocycles. The molecule has 0 atom stereocenters. The normalized spacial score (nSPS) is 12.1. The van der Waals surface area contributed by atoms with Crippen LogP contribution in [0.15, 0.2) is 72.8 Å². The monoisotopic (exact) mass is 583 g/mol. The lowest BCUT2D eigenvalue weighted by Crippen LogP contribution is -2.33. The number of carbonyl (C=O) groups excluding carboxylic acids is 6. The first-order valence-corrected chi connectivity index (χ1v) is 13.0. The van der Waals surface area contributed by atoms with E-state index in [-0.39, 0.29) is 53.9 Å². The molecule has 2 amide bonds. The van der Waals surface area contributed by atoms with Gasteiger partial charge in [0.25, 0.3) is 11.8 Å². The molecule has 5 rings (SSSR count). The fraction of sp³-hybridized carbons (Fsp3) is 0.182. The minimum Gasteiger partial charge on any atom is -0.481 e. The molecule has 3 aromatic rings. The second-order valence-corrected chi connectivity index (χ2v) is 9.14. The first kappa shape index (κ1) is 33.5. The standard InChI is InChI=1S/C11H9NO3.C11H8O4.C8H6.C3H6O2/c1-7(13)6-12-10(14)8-4-2-3-5-9(8)11(12)15;1-6(12)4-7-2-3-8-9(5-7)11(14)15-10(8)13;1-2-8-6-4-3-5-7-8;1-2-3(4)5/h2-5H,6H2,1H3;2-3,5H,4H2,1H3;1,3-7H;2H2,1H3,(H,4,5). The smallest absolute Gasteiger partial charge is 0.346 e. The number of Topliss-reactive ketones (excluding diaryl/α,β-unsaturated/α-hetero) is 2. The van der Waals surface area contributed by atoms with Gasteiger partial charge in [-0.1, -0.05) is 49.2 Å². The van der Waals surface area contributed by atoms with Gasteiger partial charge in [-0.05, 0) is 55.8 Å². The number of carboxylic acid groups (broad SMARTS) is 1. The lowest BCUT2D eigenvalue weighted by atomic mass is 10.0. The molecule has 2 aliphatic heterocycles. The molecule has 0 aliphatic carbocycles. The van der Waals surface area contributed by atoms with E-state index in [4.69, 9.17) is 11.5 Å². The van der Waals surface area contributed by atoms with Gasteiger partial charge in [-0.3, -0.25) is 28.9 Å². The summed E-state index contributed by atoms with van der Waals surface area (Å²) in [6, 6.07) is 20.9. The van der Waals surface area contributed by atoms with Crippen molar-refractivity contribution in [3.63, 3.8) is 0 Å². The van der Waals surface area contributed by atoms with Crippen molar-refractivity contribution in [1.29, 1.82) is 0 Å². The molecule has 0 saturated carbocycles. The lowest BCUT2D eigenvalue weighted by Gasteiger charge is -2.10. The van der Waals surface area contributed by atoms with Crippen molar-refractivity contribution in [2.45, 2.75) is 33.6 Å². The molecule has 0 fully saturated rings. The number of rotatable bonds is 5. The SMILES string of the molecule is C#Cc1ccccc1.CC(=O)CN1C(=O)c2ccccc2C1=O.CC(=O)Cc1ccc2c(c1)C(=O)OC2=O.CCC(=O)O. The van der Waals surface area contributed by atoms with Gasteiger partial charge in [0.2, 0.25) is 0 Å². The van der Waals surface area contributed by atoms with Gasteiger partial charge in [0, 0.05) is 18.4 Å². The van der Waals surface area contributed by atoms with E-state index in [0.29, 0.717) is 16.7 Å². The molecule has 0 unspecified atom stereocenters. The Morgan fingerprint density at radius 1 is 0.767 bits per heavy atom. The molecule has 0 spiro atoms. The Kier molecular flexibility index (Phi) is 12.4. The Morgan fingerprint density at radius 2 is 1.28 bits per heavy atom. The maximum Gasteiger partial charge on any atom is 0.346 e. The van der Waals surface area contributed by atoms with E-state index >= 15 is 0 Å². The van der Waals surface area contributed by atoms with E-state index in [0.717, 1.165) is 10.5 Å². The molecule has 2 aliphatic rings. The van der Waals surface area contributed by atoms with Gasteiger partial charge in [-0.2, -0.15) is 0 Å². The molecule has 10 heteroatoms. The molecule has 3 aromatic carbocycles. The highest BCUT2D eigenvalue weighted by Gasteiger charge is 2.35. The third-order valence-electron chi connectivity index (χ3n) is 5.66. The van der Waals surface area contributed by atoms with Crippen molar-refractivity contribution >= 4 is 41.3 Å². The maximum absolute atomic E-state index is 11.7. The summed E-state index contributed by atoms with van der Waals surface area (Å²) in [6.45, 7) is 4.27. The van der Waals surface area contributed by atoms with Crippen molar-refractivity contribution in [2.24, 2.45) is 0 Å². The quantitative estimate of drug-likeness (QED) is 0.202. The van der Waals surface area contributed by atoms with Crippen LogP contribution >= 0.6 is 0 Å². The van der Waals surface area contributed by atoms with Gasteiger partial charge in [0.15, 0.2) is 0 Å². The van der Waals surface area contributed by atoms with Gasteiger partial charge in [-0.25, -0.2) is 9.59 Å². The number of hydrogen-bond acceptors (Lipinski definition) is 8. The Balaban J connectivity index is 0.000000217. The van der Waals surface area contributed by atoms with Crippen LogP contribution in [0.25, 0.3) is 0 Å². The van der Waals surface area contributed by atoms with E-state index in [2.05, 4.69) is 10.7 Å². The molecule has 10 nitrogen and oxygen atoms in total. The number of cyclic esters (lactones) is 2. The second-order valence-electron chi connectivity index (χ2n) is 9.14. The molecule has 0 radical (unpaired) electrons. The number of carbonyl (C=O) groups is 7. The molecule has 43 heavy (non-hydrogen) atoms. The van der Waals surface area contributed by atoms with E-state index in [1.807, 2.05) is 30.3 Å². The summed E-state index contributed by atoms with van der Waals surface area (Å²) in [6.07, 6.45) is 5.58. The third-order valence-corrected chi connectivity index (χ3v) is 5.66. The number of ketones is 2. The van der Waals surface area contributed by atoms with Gasteiger partial charge in [0.05, 0.1) is 28.8 Å². The number of carboxylic acids is 1. The Morgan fingerprint density at radius 3 is 1.72 bits per heavy atom. The molecule has 0 aromatic heterocycles. The minimum atomic E-state index is -0.745. The van der Waals surface area contributed by atoms with Crippen molar-refractivity contribution < 1.29 is 43.4 Å². The molecule has 0 saturated heterocycles. The number of nitrogens with zero attached hydrogens (tertiary/aromatic N) is 1. The fourth-order valence-corrected chi connectivity index (χ4v) is 3.67. The highest BCUT2D eigenvalue weighted by Crippen LogP contribution is 2.22. The number of aliphatic carboxylic acids is 1. The van der Waals surface area contributed by atoms with Crippen LogP contribution < -0.4 is 0 Å². The zero-order chi connectivity index (χ0) is 32.1. The van der Waals surface area contributed by atoms with Crippen LogP contribution in [0.4, 0.5) is 0 Å². The van der Waals surface area contributed by atoms with Crippen LogP contribution in [0.2, 0.25) is 0 Å². The zero-order valence-corrected chi connectivity index (χ0v) is 23.8.